The lowest BCUT2D eigenvalue weighted by Crippen LogP contribution is -2.29. The molecule has 0 N–H and O–H groups in total. The van der Waals surface area contributed by atoms with Gasteiger partial charge in [0.05, 0.1) is 17.9 Å². The molecule has 0 radical (unpaired) electrons. The fraction of sp³-hybridized carbons (Fsp3) is 0.100. The molecule has 3 nitrogen and oxygen atoms in total. The van der Waals surface area contributed by atoms with E-state index in [4.69, 9.17) is 11.6 Å². The number of hydrogen-bond donors (Lipinski definition) is 0. The second kappa shape index (κ2) is 6.10. The molecule has 0 saturated heterocycles. The van der Waals surface area contributed by atoms with Crippen molar-refractivity contribution in [2.45, 2.75) is 12.5 Å². The summed E-state index contributed by atoms with van der Waals surface area (Å²) in [5.41, 5.74) is 3.66. The van der Waals surface area contributed by atoms with Crippen LogP contribution in [-0.2, 0) is 6.42 Å². The van der Waals surface area contributed by atoms with Gasteiger partial charge in [0.15, 0.2) is 0 Å². The maximum atomic E-state index is 13.0. The summed E-state index contributed by atoms with van der Waals surface area (Å²) in [4.78, 5) is 19.0. The summed E-state index contributed by atoms with van der Waals surface area (Å²) in [5, 5.41) is 0.646. The average Bonchev–Trinajstić information content (AvgIpc) is 2.88. The minimum Gasteiger partial charge on any atom is -0.299 e. The molecular weight excluding hydrogens is 320 g/mol. The second-order valence-electron chi connectivity index (χ2n) is 5.82. The van der Waals surface area contributed by atoms with E-state index in [1.165, 1.54) is 5.56 Å². The summed E-state index contributed by atoms with van der Waals surface area (Å²) in [6.45, 7) is 0. The van der Waals surface area contributed by atoms with Gasteiger partial charge in [-0.3, -0.25) is 14.7 Å². The van der Waals surface area contributed by atoms with Crippen LogP contribution in [0.25, 0.3) is 0 Å². The second-order valence-corrected chi connectivity index (χ2v) is 6.26. The SMILES string of the molecule is O=C1c2ccc(Cl)cc2C(Cc2ccccc2)N1c1cccnc1. The Morgan fingerprint density at radius 3 is 2.62 bits per heavy atom. The Kier molecular flexibility index (Phi) is 3.79. The van der Waals surface area contributed by atoms with Gasteiger partial charge in [0, 0.05) is 16.8 Å². The minimum absolute atomic E-state index is 0.00408. The Labute approximate surface area is 145 Å². The number of pyridine rings is 1. The molecule has 1 unspecified atom stereocenters. The molecule has 1 amide bonds. The molecule has 1 atom stereocenters. The average molecular weight is 335 g/mol. The molecule has 4 rings (SSSR count). The summed E-state index contributed by atoms with van der Waals surface area (Å²) in [6.07, 6.45) is 4.17. The van der Waals surface area contributed by atoms with E-state index in [0.717, 1.165) is 17.7 Å². The molecule has 1 aliphatic heterocycles. The number of anilines is 1. The molecule has 1 aromatic heterocycles. The van der Waals surface area contributed by atoms with Crippen molar-refractivity contribution in [3.8, 4) is 0 Å². The molecule has 1 aliphatic rings. The lowest BCUT2D eigenvalue weighted by atomic mass is 9.98. The Morgan fingerprint density at radius 2 is 1.88 bits per heavy atom. The van der Waals surface area contributed by atoms with Gasteiger partial charge in [0.2, 0.25) is 0 Å². The van der Waals surface area contributed by atoms with Gasteiger partial charge in [-0.05, 0) is 47.9 Å². The van der Waals surface area contributed by atoms with Crippen LogP contribution in [0.2, 0.25) is 5.02 Å². The topological polar surface area (TPSA) is 33.2 Å². The molecule has 4 heteroatoms. The number of carbonyl (C=O) groups is 1. The van der Waals surface area contributed by atoms with E-state index in [2.05, 4.69) is 17.1 Å². The number of fused-ring (bicyclic) bond motifs is 1. The highest BCUT2D eigenvalue weighted by Crippen LogP contribution is 2.40. The van der Waals surface area contributed by atoms with Gasteiger partial charge in [-0.25, -0.2) is 0 Å². The zero-order chi connectivity index (χ0) is 16.5. The van der Waals surface area contributed by atoms with E-state index in [-0.39, 0.29) is 11.9 Å². The van der Waals surface area contributed by atoms with Crippen molar-refractivity contribution in [2.75, 3.05) is 4.90 Å². The molecule has 2 aromatic carbocycles. The number of hydrogen-bond acceptors (Lipinski definition) is 2. The van der Waals surface area contributed by atoms with Gasteiger partial charge in [-0.2, -0.15) is 0 Å². The lowest BCUT2D eigenvalue weighted by molar-refractivity contribution is 0.0991. The van der Waals surface area contributed by atoms with E-state index < -0.39 is 0 Å². The van der Waals surface area contributed by atoms with Crippen molar-refractivity contribution < 1.29 is 4.79 Å². The third-order valence-electron chi connectivity index (χ3n) is 4.33. The first-order valence-corrected chi connectivity index (χ1v) is 8.19. The Bertz CT molecular complexity index is 881. The Hall–Kier alpha value is -2.65. The fourth-order valence-corrected chi connectivity index (χ4v) is 3.43. The highest BCUT2D eigenvalue weighted by molar-refractivity contribution is 6.31. The highest BCUT2D eigenvalue weighted by Gasteiger charge is 2.37. The first-order chi connectivity index (χ1) is 11.7. The zero-order valence-electron chi connectivity index (χ0n) is 12.9. The van der Waals surface area contributed by atoms with Crippen LogP contribution in [0.15, 0.2) is 73.1 Å². The van der Waals surface area contributed by atoms with E-state index in [0.29, 0.717) is 10.6 Å². The van der Waals surface area contributed by atoms with Gasteiger partial charge < -0.3 is 0 Å². The molecule has 0 saturated carbocycles. The van der Waals surface area contributed by atoms with Gasteiger partial charge in [-0.15, -0.1) is 0 Å². The van der Waals surface area contributed by atoms with E-state index in [9.17, 15) is 4.79 Å². The molecule has 3 aromatic rings. The third kappa shape index (κ3) is 2.57. The number of carbonyl (C=O) groups excluding carboxylic acids is 1. The first-order valence-electron chi connectivity index (χ1n) is 7.81. The molecule has 0 spiro atoms. The van der Waals surface area contributed by atoms with Gasteiger partial charge in [0.1, 0.15) is 0 Å². The predicted molar refractivity (Wildman–Crippen MR) is 95.4 cm³/mol. The van der Waals surface area contributed by atoms with Crippen LogP contribution in [0.4, 0.5) is 5.69 Å². The summed E-state index contributed by atoms with van der Waals surface area (Å²) in [6, 6.07) is 19.3. The molecular formula is C20H15ClN2O. The largest absolute Gasteiger partial charge is 0.299 e. The molecule has 118 valence electrons. The number of amides is 1. The van der Waals surface area contributed by atoms with Gasteiger partial charge >= 0.3 is 0 Å². The smallest absolute Gasteiger partial charge is 0.259 e. The maximum Gasteiger partial charge on any atom is 0.259 e. The Morgan fingerprint density at radius 1 is 1.04 bits per heavy atom. The quantitative estimate of drug-likeness (QED) is 0.696. The molecule has 0 aliphatic carbocycles. The first kappa shape index (κ1) is 14.9. The van der Waals surface area contributed by atoms with Crippen LogP contribution < -0.4 is 4.90 Å². The molecule has 0 bridgehead atoms. The van der Waals surface area contributed by atoms with Crippen molar-refractivity contribution >= 4 is 23.2 Å². The van der Waals surface area contributed by atoms with Crippen LogP contribution in [0.5, 0.6) is 0 Å². The predicted octanol–water partition coefficient (Wildman–Crippen LogP) is 4.68. The normalized spacial score (nSPS) is 16.3. The molecule has 24 heavy (non-hydrogen) atoms. The van der Waals surface area contributed by atoms with E-state index in [1.54, 1.807) is 18.5 Å². The van der Waals surface area contributed by atoms with Crippen LogP contribution in [-0.4, -0.2) is 10.9 Å². The van der Waals surface area contributed by atoms with Crippen LogP contribution in [0.3, 0.4) is 0 Å². The van der Waals surface area contributed by atoms with Crippen LogP contribution in [0.1, 0.15) is 27.5 Å². The number of benzene rings is 2. The number of aromatic nitrogens is 1. The van der Waals surface area contributed by atoms with Crippen LogP contribution >= 0.6 is 11.6 Å². The zero-order valence-corrected chi connectivity index (χ0v) is 13.6. The number of halogens is 1. The monoisotopic (exact) mass is 334 g/mol. The third-order valence-corrected chi connectivity index (χ3v) is 4.56. The van der Waals surface area contributed by atoms with Crippen molar-refractivity contribution in [2.24, 2.45) is 0 Å². The minimum atomic E-state index is -0.0854. The summed E-state index contributed by atoms with van der Waals surface area (Å²) in [5.74, 6) is -0.00408. The summed E-state index contributed by atoms with van der Waals surface area (Å²) >= 11 is 6.19. The maximum absolute atomic E-state index is 13.0. The summed E-state index contributed by atoms with van der Waals surface area (Å²) < 4.78 is 0. The van der Waals surface area contributed by atoms with Crippen molar-refractivity contribution in [1.29, 1.82) is 0 Å². The van der Waals surface area contributed by atoms with E-state index in [1.807, 2.05) is 47.4 Å². The van der Waals surface area contributed by atoms with Crippen molar-refractivity contribution in [3.63, 3.8) is 0 Å². The molecule has 2 heterocycles. The van der Waals surface area contributed by atoms with E-state index >= 15 is 0 Å². The fourth-order valence-electron chi connectivity index (χ4n) is 3.25. The highest BCUT2D eigenvalue weighted by atomic mass is 35.5. The van der Waals surface area contributed by atoms with Gasteiger partial charge in [-0.1, -0.05) is 41.9 Å². The lowest BCUT2D eigenvalue weighted by Gasteiger charge is -2.25. The number of rotatable bonds is 3. The van der Waals surface area contributed by atoms with Gasteiger partial charge in [0.25, 0.3) is 5.91 Å². The van der Waals surface area contributed by atoms with Crippen molar-refractivity contribution in [3.05, 3.63) is 94.8 Å². The van der Waals surface area contributed by atoms with Crippen LogP contribution in [0, 0.1) is 0 Å². The molecule has 0 fully saturated rings. The summed E-state index contributed by atoms with van der Waals surface area (Å²) in [7, 11) is 0. The Balaban J connectivity index is 1.82. The van der Waals surface area contributed by atoms with Crippen molar-refractivity contribution in [1.82, 2.24) is 4.98 Å². The standard InChI is InChI=1S/C20H15ClN2O/c21-15-8-9-17-18(12-15)19(11-14-5-2-1-3-6-14)23(20(17)24)16-7-4-10-22-13-16/h1-10,12-13,19H,11H2. The number of nitrogens with zero attached hydrogens (tertiary/aromatic N) is 2.